The molecule has 0 aromatic carbocycles. The van der Waals surface area contributed by atoms with Crippen LogP contribution in [0.1, 0.15) is 34.1 Å². The Hall–Kier alpha value is -0.930. The van der Waals surface area contributed by atoms with Gasteiger partial charge in [0, 0.05) is 31.3 Å². The van der Waals surface area contributed by atoms with Gasteiger partial charge in [0.25, 0.3) is 5.92 Å². The molecular weight excluding hydrogens is 198 g/mol. The van der Waals surface area contributed by atoms with E-state index in [9.17, 15) is 8.78 Å². The third-order valence-corrected chi connectivity index (χ3v) is 1.92. The van der Waals surface area contributed by atoms with E-state index in [4.69, 9.17) is 0 Å². The standard InChI is InChI=1S/C7H8F2N2.2C2H6/c8-7(9)4-6(7)5-11-3-1-2-10-11;2*1-2/h1-3,6H,4-5H2;2*1-2H3. The van der Waals surface area contributed by atoms with Crippen molar-refractivity contribution in [3.8, 4) is 0 Å². The van der Waals surface area contributed by atoms with Crippen LogP contribution in [-0.4, -0.2) is 15.7 Å². The number of hydrogen-bond acceptors (Lipinski definition) is 1. The number of nitrogens with zero attached hydrogens (tertiary/aromatic N) is 2. The quantitative estimate of drug-likeness (QED) is 0.741. The zero-order valence-electron chi connectivity index (χ0n) is 9.87. The molecule has 0 bridgehead atoms. The van der Waals surface area contributed by atoms with Crippen molar-refractivity contribution in [2.24, 2.45) is 5.92 Å². The Bertz CT molecular complexity index is 245. The van der Waals surface area contributed by atoms with Crippen LogP contribution in [0.2, 0.25) is 0 Å². The fourth-order valence-electron chi connectivity index (χ4n) is 1.10. The van der Waals surface area contributed by atoms with E-state index in [0.717, 1.165) is 0 Å². The first-order valence-corrected chi connectivity index (χ1v) is 5.54. The molecule has 1 unspecified atom stereocenters. The predicted octanol–water partition coefficient (Wildman–Crippen LogP) is 3.59. The van der Waals surface area contributed by atoms with Gasteiger partial charge in [0.15, 0.2) is 0 Å². The van der Waals surface area contributed by atoms with Crippen molar-refractivity contribution >= 4 is 0 Å². The lowest BCUT2D eigenvalue weighted by atomic mass is 10.4. The summed E-state index contributed by atoms with van der Waals surface area (Å²) in [4.78, 5) is 0. The van der Waals surface area contributed by atoms with Gasteiger partial charge in [-0.3, -0.25) is 4.68 Å². The van der Waals surface area contributed by atoms with E-state index in [1.807, 2.05) is 27.7 Å². The summed E-state index contributed by atoms with van der Waals surface area (Å²) in [6.45, 7) is 8.35. The summed E-state index contributed by atoms with van der Waals surface area (Å²) in [5, 5.41) is 3.85. The van der Waals surface area contributed by atoms with Gasteiger partial charge in [-0.2, -0.15) is 5.10 Å². The molecule has 1 aliphatic rings. The number of halogens is 2. The Labute approximate surface area is 90.3 Å². The van der Waals surface area contributed by atoms with Gasteiger partial charge in [-0.05, 0) is 6.07 Å². The van der Waals surface area contributed by atoms with E-state index in [2.05, 4.69) is 5.10 Å². The average molecular weight is 218 g/mol. The van der Waals surface area contributed by atoms with Crippen molar-refractivity contribution in [3.63, 3.8) is 0 Å². The molecule has 1 aromatic rings. The minimum atomic E-state index is -2.42. The van der Waals surface area contributed by atoms with Gasteiger partial charge >= 0.3 is 0 Å². The fraction of sp³-hybridized carbons (Fsp3) is 0.727. The number of alkyl halides is 2. The lowest BCUT2D eigenvalue weighted by Gasteiger charge is -1.97. The molecular formula is C11H20F2N2. The maximum absolute atomic E-state index is 12.3. The Morgan fingerprint density at radius 1 is 1.33 bits per heavy atom. The van der Waals surface area contributed by atoms with Gasteiger partial charge in [-0.15, -0.1) is 0 Å². The van der Waals surface area contributed by atoms with E-state index in [1.54, 1.807) is 23.1 Å². The van der Waals surface area contributed by atoms with Crippen molar-refractivity contribution < 1.29 is 8.78 Å². The second-order valence-corrected chi connectivity index (χ2v) is 2.89. The SMILES string of the molecule is CC.CC.FC1(F)CC1Cn1cccn1. The molecule has 1 fully saturated rings. The molecule has 1 aromatic heterocycles. The van der Waals surface area contributed by atoms with E-state index in [0.29, 0.717) is 6.54 Å². The highest BCUT2D eigenvalue weighted by molar-refractivity contribution is 4.95. The van der Waals surface area contributed by atoms with Crippen LogP contribution in [0.4, 0.5) is 8.78 Å². The zero-order chi connectivity index (χ0) is 11.9. The van der Waals surface area contributed by atoms with E-state index < -0.39 is 11.8 Å². The van der Waals surface area contributed by atoms with Crippen molar-refractivity contribution in [2.45, 2.75) is 46.6 Å². The third kappa shape index (κ3) is 4.40. The minimum absolute atomic E-state index is 0.0207. The van der Waals surface area contributed by atoms with Crippen LogP contribution in [0.15, 0.2) is 18.5 Å². The van der Waals surface area contributed by atoms with E-state index in [1.165, 1.54) is 0 Å². The summed E-state index contributed by atoms with van der Waals surface area (Å²) in [6.07, 6.45) is 3.32. The molecule has 0 aliphatic heterocycles. The maximum atomic E-state index is 12.3. The lowest BCUT2D eigenvalue weighted by molar-refractivity contribution is 0.0942. The molecule has 1 aliphatic carbocycles. The first kappa shape index (κ1) is 14.1. The third-order valence-electron chi connectivity index (χ3n) is 1.92. The van der Waals surface area contributed by atoms with Crippen molar-refractivity contribution in [3.05, 3.63) is 18.5 Å². The van der Waals surface area contributed by atoms with Crippen molar-refractivity contribution in [2.75, 3.05) is 0 Å². The monoisotopic (exact) mass is 218 g/mol. The number of hydrogen-bond donors (Lipinski definition) is 0. The number of rotatable bonds is 2. The first-order chi connectivity index (χ1) is 7.18. The van der Waals surface area contributed by atoms with Crippen LogP contribution in [0.5, 0.6) is 0 Å². The molecule has 1 heterocycles. The van der Waals surface area contributed by atoms with Crippen LogP contribution >= 0.6 is 0 Å². The van der Waals surface area contributed by atoms with Crippen LogP contribution in [0.3, 0.4) is 0 Å². The summed E-state index contributed by atoms with van der Waals surface area (Å²) in [7, 11) is 0. The summed E-state index contributed by atoms with van der Waals surface area (Å²) < 4.78 is 26.2. The molecule has 0 radical (unpaired) electrons. The molecule has 0 spiro atoms. The van der Waals surface area contributed by atoms with Crippen LogP contribution < -0.4 is 0 Å². The van der Waals surface area contributed by atoms with Crippen LogP contribution in [0.25, 0.3) is 0 Å². The van der Waals surface area contributed by atoms with Gasteiger partial charge in [0.2, 0.25) is 0 Å². The van der Waals surface area contributed by atoms with Crippen LogP contribution in [0, 0.1) is 5.92 Å². The second kappa shape index (κ2) is 6.53. The minimum Gasteiger partial charge on any atom is -0.272 e. The average Bonchev–Trinajstić information content (AvgIpc) is 2.70. The lowest BCUT2D eigenvalue weighted by Crippen LogP contribution is -2.05. The summed E-state index contributed by atoms with van der Waals surface area (Å²) >= 11 is 0. The Morgan fingerprint density at radius 2 is 1.87 bits per heavy atom. The van der Waals surface area contributed by atoms with Gasteiger partial charge in [-0.25, -0.2) is 8.78 Å². The van der Waals surface area contributed by atoms with Gasteiger partial charge < -0.3 is 0 Å². The zero-order valence-corrected chi connectivity index (χ0v) is 9.87. The molecule has 0 amide bonds. The topological polar surface area (TPSA) is 17.8 Å². The normalized spacial score (nSPS) is 20.5. The molecule has 1 atom stereocenters. The predicted molar refractivity (Wildman–Crippen MR) is 58.0 cm³/mol. The highest BCUT2D eigenvalue weighted by Crippen LogP contribution is 2.49. The highest BCUT2D eigenvalue weighted by Gasteiger charge is 2.56. The summed E-state index contributed by atoms with van der Waals surface area (Å²) in [5.41, 5.74) is 0. The molecule has 15 heavy (non-hydrogen) atoms. The molecule has 0 N–H and O–H groups in total. The Balaban J connectivity index is 0.000000442. The summed E-state index contributed by atoms with van der Waals surface area (Å²) in [5.74, 6) is -2.91. The Morgan fingerprint density at radius 3 is 2.20 bits per heavy atom. The molecule has 0 saturated heterocycles. The van der Waals surface area contributed by atoms with E-state index in [-0.39, 0.29) is 6.42 Å². The maximum Gasteiger partial charge on any atom is 0.253 e. The molecule has 2 rings (SSSR count). The van der Waals surface area contributed by atoms with Crippen LogP contribution in [-0.2, 0) is 6.54 Å². The molecule has 88 valence electrons. The number of aromatic nitrogens is 2. The second-order valence-electron chi connectivity index (χ2n) is 2.89. The van der Waals surface area contributed by atoms with Gasteiger partial charge in [-0.1, -0.05) is 27.7 Å². The summed E-state index contributed by atoms with van der Waals surface area (Å²) in [6, 6.07) is 1.74. The van der Waals surface area contributed by atoms with Gasteiger partial charge in [0.05, 0.1) is 0 Å². The largest absolute Gasteiger partial charge is 0.272 e. The fourth-order valence-corrected chi connectivity index (χ4v) is 1.10. The Kier molecular flexibility index (Phi) is 6.13. The first-order valence-electron chi connectivity index (χ1n) is 5.54. The van der Waals surface area contributed by atoms with Crippen molar-refractivity contribution in [1.29, 1.82) is 0 Å². The molecule has 2 nitrogen and oxygen atoms in total. The smallest absolute Gasteiger partial charge is 0.253 e. The van der Waals surface area contributed by atoms with Crippen molar-refractivity contribution in [1.82, 2.24) is 9.78 Å². The molecule has 4 heteroatoms. The molecule has 1 saturated carbocycles. The van der Waals surface area contributed by atoms with Gasteiger partial charge in [0.1, 0.15) is 0 Å². The van der Waals surface area contributed by atoms with E-state index >= 15 is 0 Å². The highest BCUT2D eigenvalue weighted by atomic mass is 19.3.